The topological polar surface area (TPSA) is 54.4 Å². The number of hydrogen-bond donors (Lipinski definition) is 1. The lowest BCUT2D eigenvalue weighted by atomic mass is 10.1. The van der Waals surface area contributed by atoms with E-state index in [1.807, 2.05) is 0 Å². The molecular weight excluding hydrogens is 194 g/mol. The van der Waals surface area contributed by atoms with Crippen molar-refractivity contribution in [2.45, 2.75) is 6.42 Å². The molecule has 0 saturated carbocycles. The lowest BCUT2D eigenvalue weighted by Crippen LogP contribution is -2.15. The molecule has 5 heteroatoms. The van der Waals surface area contributed by atoms with Crippen LogP contribution in [0.25, 0.3) is 0 Å². The third kappa shape index (κ3) is 2.35. The lowest BCUT2D eigenvalue weighted by molar-refractivity contribution is -0.148. The molecule has 0 amide bonds. The Hall–Kier alpha value is -1.78. The zero-order chi connectivity index (χ0) is 10.7. The number of aliphatic carboxylic acids is 1. The highest BCUT2D eigenvalue weighted by Gasteiger charge is 2.13. The number of carboxylic acids is 1. The van der Waals surface area contributed by atoms with Crippen molar-refractivity contribution in [3.63, 3.8) is 0 Å². The Balaban J connectivity index is 2.83. The van der Waals surface area contributed by atoms with Gasteiger partial charge in [0.2, 0.25) is 5.78 Å². The van der Waals surface area contributed by atoms with Crippen molar-refractivity contribution in [2.75, 3.05) is 0 Å². The maximum absolute atomic E-state index is 12.6. The first-order valence-corrected chi connectivity index (χ1v) is 3.70. The summed E-state index contributed by atoms with van der Waals surface area (Å²) in [5.74, 6) is -4.78. The van der Waals surface area contributed by atoms with E-state index in [1.54, 1.807) is 0 Å². The second-order valence-electron chi connectivity index (χ2n) is 2.65. The van der Waals surface area contributed by atoms with Crippen LogP contribution >= 0.6 is 0 Å². The molecule has 0 fully saturated rings. The summed E-state index contributed by atoms with van der Waals surface area (Å²) < 4.78 is 25.0. The van der Waals surface area contributed by atoms with Crippen molar-refractivity contribution in [3.8, 4) is 0 Å². The van der Waals surface area contributed by atoms with Crippen LogP contribution in [0, 0.1) is 11.6 Å². The van der Waals surface area contributed by atoms with Crippen LogP contribution < -0.4 is 0 Å². The van der Waals surface area contributed by atoms with Crippen molar-refractivity contribution >= 4 is 11.8 Å². The Bertz CT molecular complexity index is 388. The van der Waals surface area contributed by atoms with Crippen molar-refractivity contribution in [1.29, 1.82) is 0 Å². The molecule has 0 saturated heterocycles. The predicted molar refractivity (Wildman–Crippen MR) is 42.7 cm³/mol. The van der Waals surface area contributed by atoms with Crippen LogP contribution in [0.5, 0.6) is 0 Å². The normalized spacial score (nSPS) is 9.86. The SMILES string of the molecule is O=C(O)C(=O)Cc1ccc(F)c(F)c1. The van der Waals surface area contributed by atoms with Gasteiger partial charge in [0.15, 0.2) is 11.6 Å². The molecule has 1 N–H and O–H groups in total. The quantitative estimate of drug-likeness (QED) is 0.745. The fourth-order valence-electron chi connectivity index (χ4n) is 0.911. The van der Waals surface area contributed by atoms with Crippen LogP contribution in [0.1, 0.15) is 5.56 Å². The molecule has 0 spiro atoms. The number of carbonyl (C=O) groups is 2. The van der Waals surface area contributed by atoms with Gasteiger partial charge in [-0.1, -0.05) is 6.07 Å². The number of benzene rings is 1. The first-order chi connectivity index (χ1) is 6.50. The number of Topliss-reactive ketones (excluding diaryl/α,β-unsaturated/α-hetero) is 1. The summed E-state index contributed by atoms with van der Waals surface area (Å²) in [6, 6.07) is 2.81. The van der Waals surface area contributed by atoms with Crippen LogP contribution in [-0.2, 0) is 16.0 Å². The lowest BCUT2D eigenvalue weighted by Gasteiger charge is -1.98. The summed E-state index contributed by atoms with van der Waals surface area (Å²) in [6.07, 6.45) is -0.438. The average molecular weight is 200 g/mol. The van der Waals surface area contributed by atoms with Crippen molar-refractivity contribution in [1.82, 2.24) is 0 Å². The van der Waals surface area contributed by atoms with E-state index in [1.165, 1.54) is 6.07 Å². The van der Waals surface area contributed by atoms with E-state index >= 15 is 0 Å². The Morgan fingerprint density at radius 3 is 2.36 bits per heavy atom. The van der Waals surface area contributed by atoms with Gasteiger partial charge in [-0.05, 0) is 17.7 Å². The molecule has 14 heavy (non-hydrogen) atoms. The molecule has 0 aliphatic carbocycles. The van der Waals surface area contributed by atoms with Crippen molar-refractivity contribution in [3.05, 3.63) is 35.4 Å². The van der Waals surface area contributed by atoms with Gasteiger partial charge < -0.3 is 5.11 Å². The highest BCUT2D eigenvalue weighted by atomic mass is 19.2. The molecule has 1 aromatic rings. The second-order valence-corrected chi connectivity index (χ2v) is 2.65. The monoisotopic (exact) mass is 200 g/mol. The number of halogens is 2. The van der Waals surface area contributed by atoms with E-state index in [0.717, 1.165) is 12.1 Å². The molecule has 0 radical (unpaired) electrons. The fraction of sp³-hybridized carbons (Fsp3) is 0.111. The molecule has 0 aliphatic rings. The highest BCUT2D eigenvalue weighted by molar-refractivity contribution is 6.33. The highest BCUT2D eigenvalue weighted by Crippen LogP contribution is 2.09. The van der Waals surface area contributed by atoms with Gasteiger partial charge in [-0.2, -0.15) is 0 Å². The van der Waals surface area contributed by atoms with Gasteiger partial charge in [0.1, 0.15) is 0 Å². The van der Waals surface area contributed by atoms with E-state index in [0.29, 0.717) is 0 Å². The molecule has 0 heterocycles. The van der Waals surface area contributed by atoms with Crippen molar-refractivity contribution in [2.24, 2.45) is 0 Å². The molecule has 0 aromatic heterocycles. The zero-order valence-electron chi connectivity index (χ0n) is 6.96. The zero-order valence-corrected chi connectivity index (χ0v) is 6.96. The minimum absolute atomic E-state index is 0.135. The minimum atomic E-state index is -1.59. The summed E-state index contributed by atoms with van der Waals surface area (Å²) in [6.45, 7) is 0. The number of ketones is 1. The molecule has 0 unspecified atom stereocenters. The van der Waals surface area contributed by atoms with E-state index in [9.17, 15) is 18.4 Å². The van der Waals surface area contributed by atoms with Crippen LogP contribution in [-0.4, -0.2) is 16.9 Å². The number of rotatable bonds is 3. The molecule has 3 nitrogen and oxygen atoms in total. The second kappa shape index (κ2) is 3.95. The van der Waals surface area contributed by atoms with E-state index < -0.39 is 29.8 Å². The van der Waals surface area contributed by atoms with Gasteiger partial charge in [0, 0.05) is 6.42 Å². The first-order valence-electron chi connectivity index (χ1n) is 3.70. The molecule has 1 rings (SSSR count). The molecule has 1 aromatic carbocycles. The summed E-state index contributed by atoms with van der Waals surface area (Å²) in [5.41, 5.74) is 0.135. The van der Waals surface area contributed by atoms with E-state index in [-0.39, 0.29) is 5.56 Å². The summed E-state index contributed by atoms with van der Waals surface area (Å²) in [5, 5.41) is 8.25. The Kier molecular flexibility index (Phi) is 2.91. The summed E-state index contributed by atoms with van der Waals surface area (Å²) in [4.78, 5) is 20.8. The van der Waals surface area contributed by atoms with Gasteiger partial charge in [-0.25, -0.2) is 13.6 Å². The van der Waals surface area contributed by atoms with Gasteiger partial charge in [0.05, 0.1) is 0 Å². The standard InChI is InChI=1S/C9H6F2O3/c10-6-2-1-5(3-7(6)11)4-8(12)9(13)14/h1-3H,4H2,(H,13,14). The molecule has 74 valence electrons. The maximum Gasteiger partial charge on any atom is 0.372 e. The first kappa shape index (κ1) is 10.3. The van der Waals surface area contributed by atoms with Gasteiger partial charge in [-0.3, -0.25) is 4.79 Å². The maximum atomic E-state index is 12.6. The largest absolute Gasteiger partial charge is 0.475 e. The third-order valence-corrected chi connectivity index (χ3v) is 1.59. The van der Waals surface area contributed by atoms with Crippen LogP contribution in [0.4, 0.5) is 8.78 Å². The summed E-state index contributed by atoms with van der Waals surface area (Å²) >= 11 is 0. The van der Waals surface area contributed by atoms with Crippen LogP contribution in [0.3, 0.4) is 0 Å². The third-order valence-electron chi connectivity index (χ3n) is 1.59. The van der Waals surface area contributed by atoms with Gasteiger partial charge in [0.25, 0.3) is 0 Å². The van der Waals surface area contributed by atoms with Crippen molar-refractivity contribution < 1.29 is 23.5 Å². The van der Waals surface area contributed by atoms with E-state index in [4.69, 9.17) is 5.11 Å². The van der Waals surface area contributed by atoms with Crippen LogP contribution in [0.15, 0.2) is 18.2 Å². The van der Waals surface area contributed by atoms with E-state index in [2.05, 4.69) is 0 Å². The Morgan fingerprint density at radius 1 is 1.21 bits per heavy atom. The fourth-order valence-corrected chi connectivity index (χ4v) is 0.911. The summed E-state index contributed by atoms with van der Waals surface area (Å²) in [7, 11) is 0. The molecular formula is C9H6F2O3. The minimum Gasteiger partial charge on any atom is -0.475 e. The van der Waals surface area contributed by atoms with Gasteiger partial charge in [-0.15, -0.1) is 0 Å². The van der Waals surface area contributed by atoms with Crippen LogP contribution in [0.2, 0.25) is 0 Å². The average Bonchev–Trinajstić information content (AvgIpc) is 2.11. The Labute approximate surface area is 78.0 Å². The molecule has 0 aliphatic heterocycles. The predicted octanol–water partition coefficient (Wildman–Crippen LogP) is 1.16. The number of carboxylic acid groups (broad SMARTS) is 1. The Morgan fingerprint density at radius 2 is 1.86 bits per heavy atom. The number of hydrogen-bond acceptors (Lipinski definition) is 2. The number of carbonyl (C=O) groups excluding carboxylic acids is 1. The smallest absolute Gasteiger partial charge is 0.372 e. The molecule has 0 atom stereocenters. The van der Waals surface area contributed by atoms with Gasteiger partial charge >= 0.3 is 5.97 Å². The molecule has 0 bridgehead atoms.